The first-order valence-corrected chi connectivity index (χ1v) is 6.33. The van der Waals surface area contributed by atoms with Crippen LogP contribution in [0.4, 0.5) is 0 Å². The number of carbonyl (C=O) groups excluding carboxylic acids is 1. The lowest BCUT2D eigenvalue weighted by molar-refractivity contribution is -0.123. The molecule has 0 aromatic heterocycles. The standard InChI is InChI=1S/C14H21NO4/c1-11(6-5-9-16)15-14(17)10-19-13-8-4-3-7-12(13)18-2/h3-4,7-8,11,16H,5-6,9-10H2,1-2H3,(H,15,17). The van der Waals surface area contributed by atoms with Crippen molar-refractivity contribution in [1.82, 2.24) is 5.32 Å². The van der Waals surface area contributed by atoms with Crippen LogP contribution in [0.5, 0.6) is 11.5 Å². The van der Waals surface area contributed by atoms with Gasteiger partial charge in [-0.2, -0.15) is 0 Å². The number of benzene rings is 1. The summed E-state index contributed by atoms with van der Waals surface area (Å²) < 4.78 is 10.5. The Kier molecular flexibility index (Phi) is 6.74. The van der Waals surface area contributed by atoms with E-state index in [9.17, 15) is 4.79 Å². The molecule has 5 nitrogen and oxygen atoms in total. The van der Waals surface area contributed by atoms with Crippen molar-refractivity contribution in [2.45, 2.75) is 25.8 Å². The summed E-state index contributed by atoms with van der Waals surface area (Å²) in [6, 6.07) is 7.21. The molecule has 0 aliphatic carbocycles. The van der Waals surface area contributed by atoms with Crippen LogP contribution in [0.1, 0.15) is 19.8 Å². The van der Waals surface area contributed by atoms with Gasteiger partial charge in [0.15, 0.2) is 18.1 Å². The average Bonchev–Trinajstić information content (AvgIpc) is 2.43. The van der Waals surface area contributed by atoms with Crippen LogP contribution in [0.3, 0.4) is 0 Å². The molecule has 1 unspecified atom stereocenters. The van der Waals surface area contributed by atoms with Gasteiger partial charge in [0.1, 0.15) is 0 Å². The van der Waals surface area contributed by atoms with Crippen LogP contribution >= 0.6 is 0 Å². The molecule has 1 amide bonds. The summed E-state index contributed by atoms with van der Waals surface area (Å²) in [6.45, 7) is 1.98. The number of amides is 1. The number of hydrogen-bond donors (Lipinski definition) is 2. The highest BCUT2D eigenvalue weighted by molar-refractivity contribution is 5.77. The van der Waals surface area contributed by atoms with Gasteiger partial charge in [-0.1, -0.05) is 12.1 Å². The van der Waals surface area contributed by atoms with E-state index in [2.05, 4.69) is 5.32 Å². The zero-order valence-corrected chi connectivity index (χ0v) is 11.4. The molecule has 1 atom stereocenters. The molecule has 5 heteroatoms. The van der Waals surface area contributed by atoms with Crippen LogP contribution in [-0.4, -0.2) is 37.4 Å². The van der Waals surface area contributed by atoms with Gasteiger partial charge < -0.3 is 19.9 Å². The third-order valence-corrected chi connectivity index (χ3v) is 2.63. The first-order chi connectivity index (χ1) is 9.17. The second-order valence-electron chi connectivity index (χ2n) is 4.27. The molecule has 1 aromatic rings. The fourth-order valence-corrected chi connectivity index (χ4v) is 1.67. The summed E-state index contributed by atoms with van der Waals surface area (Å²) in [5.74, 6) is 0.961. The number of rotatable bonds is 8. The van der Waals surface area contributed by atoms with Gasteiger partial charge >= 0.3 is 0 Å². The lowest BCUT2D eigenvalue weighted by Crippen LogP contribution is -2.36. The predicted octanol–water partition coefficient (Wildman–Crippen LogP) is 1.35. The number of ether oxygens (including phenoxy) is 2. The summed E-state index contributed by atoms with van der Waals surface area (Å²) in [6.07, 6.45) is 1.42. The molecular formula is C14H21NO4. The van der Waals surface area contributed by atoms with Gasteiger partial charge in [-0.25, -0.2) is 0 Å². The van der Waals surface area contributed by atoms with Gasteiger partial charge in [0, 0.05) is 12.6 Å². The third kappa shape index (κ3) is 5.61. The second kappa shape index (κ2) is 8.37. The molecule has 0 spiro atoms. The zero-order chi connectivity index (χ0) is 14.1. The second-order valence-corrected chi connectivity index (χ2v) is 4.27. The van der Waals surface area contributed by atoms with Gasteiger partial charge in [0.2, 0.25) is 0 Å². The highest BCUT2D eigenvalue weighted by atomic mass is 16.5. The highest BCUT2D eigenvalue weighted by Gasteiger charge is 2.09. The molecule has 0 heterocycles. The number of aliphatic hydroxyl groups is 1. The smallest absolute Gasteiger partial charge is 0.258 e. The molecule has 106 valence electrons. The molecule has 0 bridgehead atoms. The van der Waals surface area contributed by atoms with Crippen molar-refractivity contribution in [3.05, 3.63) is 24.3 Å². The van der Waals surface area contributed by atoms with Crippen molar-refractivity contribution < 1.29 is 19.4 Å². The SMILES string of the molecule is COc1ccccc1OCC(=O)NC(C)CCCO. The van der Waals surface area contributed by atoms with Crippen LogP contribution in [0.25, 0.3) is 0 Å². The highest BCUT2D eigenvalue weighted by Crippen LogP contribution is 2.25. The van der Waals surface area contributed by atoms with E-state index in [1.54, 1.807) is 19.2 Å². The quantitative estimate of drug-likeness (QED) is 0.746. The Labute approximate surface area is 113 Å². The van der Waals surface area contributed by atoms with Gasteiger partial charge in [0.05, 0.1) is 7.11 Å². The summed E-state index contributed by atoms with van der Waals surface area (Å²) in [5.41, 5.74) is 0. The Balaban J connectivity index is 2.37. The van der Waals surface area contributed by atoms with Crippen molar-refractivity contribution in [3.63, 3.8) is 0 Å². The minimum Gasteiger partial charge on any atom is -0.493 e. The first-order valence-electron chi connectivity index (χ1n) is 6.33. The molecule has 0 saturated carbocycles. The maximum absolute atomic E-state index is 11.7. The number of nitrogens with one attached hydrogen (secondary N) is 1. The average molecular weight is 267 g/mol. The zero-order valence-electron chi connectivity index (χ0n) is 11.4. The monoisotopic (exact) mass is 267 g/mol. The molecule has 0 fully saturated rings. The Morgan fingerprint density at radius 2 is 2.05 bits per heavy atom. The minimum atomic E-state index is -0.184. The van der Waals surface area contributed by atoms with Crippen molar-refractivity contribution in [2.24, 2.45) is 0 Å². The summed E-state index contributed by atoms with van der Waals surface area (Å²) >= 11 is 0. The Morgan fingerprint density at radius 1 is 1.37 bits per heavy atom. The van der Waals surface area contributed by atoms with E-state index in [1.807, 2.05) is 19.1 Å². The van der Waals surface area contributed by atoms with Crippen molar-refractivity contribution in [2.75, 3.05) is 20.3 Å². The van der Waals surface area contributed by atoms with E-state index >= 15 is 0 Å². The minimum absolute atomic E-state index is 0.0286. The number of para-hydroxylation sites is 2. The lowest BCUT2D eigenvalue weighted by atomic mass is 10.2. The Hall–Kier alpha value is -1.75. The number of hydrogen-bond acceptors (Lipinski definition) is 4. The van der Waals surface area contributed by atoms with E-state index in [-0.39, 0.29) is 25.2 Å². The van der Waals surface area contributed by atoms with Crippen molar-refractivity contribution in [1.29, 1.82) is 0 Å². The molecule has 1 aromatic carbocycles. The first kappa shape index (κ1) is 15.3. The van der Waals surface area contributed by atoms with Crippen LogP contribution in [0, 0.1) is 0 Å². The lowest BCUT2D eigenvalue weighted by Gasteiger charge is -2.14. The Bertz CT molecular complexity index is 395. The fraction of sp³-hybridized carbons (Fsp3) is 0.500. The van der Waals surface area contributed by atoms with E-state index in [0.717, 1.165) is 6.42 Å². The topological polar surface area (TPSA) is 67.8 Å². The summed E-state index contributed by atoms with van der Waals surface area (Å²) in [5, 5.41) is 11.5. The molecule has 0 radical (unpaired) electrons. The third-order valence-electron chi connectivity index (χ3n) is 2.63. The van der Waals surface area contributed by atoms with E-state index in [0.29, 0.717) is 17.9 Å². The van der Waals surface area contributed by atoms with Crippen LogP contribution in [0.2, 0.25) is 0 Å². The molecule has 0 saturated heterocycles. The van der Waals surface area contributed by atoms with Crippen molar-refractivity contribution >= 4 is 5.91 Å². The maximum atomic E-state index is 11.7. The van der Waals surface area contributed by atoms with Crippen LogP contribution in [0.15, 0.2) is 24.3 Å². The molecule has 19 heavy (non-hydrogen) atoms. The molecular weight excluding hydrogens is 246 g/mol. The molecule has 0 aliphatic heterocycles. The van der Waals surface area contributed by atoms with Crippen LogP contribution < -0.4 is 14.8 Å². The number of methoxy groups -OCH3 is 1. The summed E-state index contributed by atoms with van der Waals surface area (Å²) in [4.78, 5) is 11.7. The van der Waals surface area contributed by atoms with Crippen LogP contribution in [-0.2, 0) is 4.79 Å². The summed E-state index contributed by atoms with van der Waals surface area (Å²) in [7, 11) is 1.55. The normalized spacial score (nSPS) is 11.7. The van der Waals surface area contributed by atoms with E-state index in [4.69, 9.17) is 14.6 Å². The van der Waals surface area contributed by atoms with Gasteiger partial charge in [-0.3, -0.25) is 4.79 Å². The molecule has 0 aliphatic rings. The molecule has 1 rings (SSSR count). The van der Waals surface area contributed by atoms with Crippen molar-refractivity contribution in [3.8, 4) is 11.5 Å². The largest absolute Gasteiger partial charge is 0.493 e. The fourth-order valence-electron chi connectivity index (χ4n) is 1.67. The van der Waals surface area contributed by atoms with E-state index < -0.39 is 0 Å². The molecule has 2 N–H and O–H groups in total. The number of carbonyl (C=O) groups is 1. The van der Waals surface area contributed by atoms with E-state index in [1.165, 1.54) is 0 Å². The van der Waals surface area contributed by atoms with Gasteiger partial charge in [-0.15, -0.1) is 0 Å². The maximum Gasteiger partial charge on any atom is 0.258 e. The number of aliphatic hydroxyl groups excluding tert-OH is 1. The Morgan fingerprint density at radius 3 is 2.68 bits per heavy atom. The van der Waals surface area contributed by atoms with Gasteiger partial charge in [-0.05, 0) is 31.9 Å². The predicted molar refractivity (Wildman–Crippen MR) is 72.4 cm³/mol. The van der Waals surface area contributed by atoms with Gasteiger partial charge in [0.25, 0.3) is 5.91 Å².